The van der Waals surface area contributed by atoms with Crippen molar-refractivity contribution in [3.05, 3.63) is 33.9 Å². The van der Waals surface area contributed by atoms with Crippen LogP contribution in [-0.4, -0.2) is 87.2 Å². The quantitative estimate of drug-likeness (QED) is 0.0909. The summed E-state index contributed by atoms with van der Waals surface area (Å²) in [6.07, 6.45) is -6.45. The molecule has 1 aliphatic rings. The molecule has 1 fully saturated rings. The summed E-state index contributed by atoms with van der Waals surface area (Å²) in [6.45, 7) is 1.56. The minimum Gasteiger partial charge on any atom is -0.481 e. The second-order valence-electron chi connectivity index (χ2n) is 8.94. The van der Waals surface area contributed by atoms with Gasteiger partial charge in [-0.1, -0.05) is 6.07 Å². The molecule has 5 atom stereocenters. The lowest BCUT2D eigenvalue weighted by molar-refractivity contribution is -0.386. The molecular weight excluding hydrogens is 576 g/mol. The van der Waals surface area contributed by atoms with Crippen LogP contribution in [0.25, 0.3) is 0 Å². The first-order chi connectivity index (χ1) is 19.3. The third-order valence-electron chi connectivity index (χ3n) is 6.39. The fourth-order valence-electron chi connectivity index (χ4n) is 4.48. The number of aliphatic carboxylic acids is 3. The molecule has 1 aromatic carbocycles. The molecule has 17 heteroatoms. The number of carbonyl (C=O) groups is 5. The van der Waals surface area contributed by atoms with Crippen LogP contribution in [0.2, 0.25) is 0 Å². The van der Waals surface area contributed by atoms with E-state index < -0.39 is 95.7 Å². The fourth-order valence-corrected chi connectivity index (χ4v) is 4.75. The standard InChI is InChI=1S/C24H29ClN2O14/c1-3-26(11-25)24(35)39-10-12-4-5-17(16(6-12)27(36)37)40-23-15(9-20(32)33)13(7-18(28)29)14(8-19(30)31)21(41-23)22(34)38-2/h4-6,13-15,21,23H,3,7-11H2,1-2H3,(H,28,29)(H,30,31)(H,32,33)/t13-,14-,15+,21-,23+/m0/s1. The molecule has 41 heavy (non-hydrogen) atoms. The number of halogens is 1. The molecule has 0 radical (unpaired) electrons. The zero-order valence-electron chi connectivity index (χ0n) is 22.0. The van der Waals surface area contributed by atoms with Crippen LogP contribution in [0.15, 0.2) is 18.2 Å². The number of esters is 1. The van der Waals surface area contributed by atoms with Crippen LogP contribution in [0, 0.1) is 27.9 Å². The first kappa shape index (κ1) is 33.0. The van der Waals surface area contributed by atoms with E-state index in [1.165, 1.54) is 11.0 Å². The number of benzene rings is 1. The number of carboxylic acid groups (broad SMARTS) is 3. The van der Waals surface area contributed by atoms with Gasteiger partial charge in [-0.05, 0) is 24.5 Å². The zero-order valence-corrected chi connectivity index (χ0v) is 22.7. The molecule has 0 aliphatic carbocycles. The fraction of sp³-hybridized carbons (Fsp3) is 0.542. The topological polar surface area (TPSA) is 229 Å². The average molecular weight is 605 g/mol. The molecule has 226 valence electrons. The predicted octanol–water partition coefficient (Wildman–Crippen LogP) is 2.30. The molecule has 0 unspecified atom stereocenters. The molecule has 1 heterocycles. The Morgan fingerprint density at radius 1 is 1.02 bits per heavy atom. The van der Waals surface area contributed by atoms with Crippen LogP contribution in [0.4, 0.5) is 10.5 Å². The molecule has 0 saturated carbocycles. The molecule has 16 nitrogen and oxygen atoms in total. The van der Waals surface area contributed by atoms with E-state index >= 15 is 0 Å². The van der Waals surface area contributed by atoms with Gasteiger partial charge in [0.05, 0.1) is 30.9 Å². The molecule has 0 bridgehead atoms. The van der Waals surface area contributed by atoms with Crippen LogP contribution in [0.3, 0.4) is 0 Å². The second-order valence-corrected chi connectivity index (χ2v) is 9.18. The summed E-state index contributed by atoms with van der Waals surface area (Å²) in [6, 6.07) is 3.35. The lowest BCUT2D eigenvalue weighted by atomic mass is 9.71. The monoisotopic (exact) mass is 604 g/mol. The van der Waals surface area contributed by atoms with Crippen LogP contribution in [-0.2, 0) is 40.0 Å². The lowest BCUT2D eigenvalue weighted by Crippen LogP contribution is -2.54. The molecule has 1 aliphatic heterocycles. The number of nitro groups is 1. The van der Waals surface area contributed by atoms with Crippen molar-refractivity contribution < 1.29 is 63.2 Å². The number of methoxy groups -OCH3 is 1. The molecule has 1 saturated heterocycles. The van der Waals surface area contributed by atoms with Gasteiger partial charge in [0, 0.05) is 30.9 Å². The van der Waals surface area contributed by atoms with E-state index in [-0.39, 0.29) is 24.7 Å². The van der Waals surface area contributed by atoms with Gasteiger partial charge in [0.15, 0.2) is 11.9 Å². The van der Waals surface area contributed by atoms with Crippen molar-refractivity contribution in [3.63, 3.8) is 0 Å². The molecule has 1 aromatic rings. The van der Waals surface area contributed by atoms with Crippen LogP contribution >= 0.6 is 11.6 Å². The van der Waals surface area contributed by atoms with E-state index in [4.69, 9.17) is 25.8 Å². The van der Waals surface area contributed by atoms with E-state index in [0.717, 1.165) is 19.2 Å². The highest BCUT2D eigenvalue weighted by Crippen LogP contribution is 2.43. The Morgan fingerprint density at radius 3 is 2.12 bits per heavy atom. The molecule has 2 rings (SSSR count). The highest BCUT2D eigenvalue weighted by molar-refractivity contribution is 6.18. The van der Waals surface area contributed by atoms with Crippen molar-refractivity contribution in [2.75, 3.05) is 19.7 Å². The Kier molecular flexibility index (Phi) is 12.1. The first-order valence-corrected chi connectivity index (χ1v) is 12.7. The smallest absolute Gasteiger partial charge is 0.411 e. The molecule has 0 spiro atoms. The van der Waals surface area contributed by atoms with Gasteiger partial charge in [0.2, 0.25) is 6.29 Å². The average Bonchev–Trinajstić information content (AvgIpc) is 2.90. The zero-order chi connectivity index (χ0) is 30.9. The Hall–Kier alpha value is -4.18. The van der Waals surface area contributed by atoms with Gasteiger partial charge in [0.1, 0.15) is 6.61 Å². The minimum absolute atomic E-state index is 0.135. The summed E-state index contributed by atoms with van der Waals surface area (Å²) in [7, 11) is 0.984. The third-order valence-corrected chi connectivity index (χ3v) is 6.68. The Balaban J connectivity index is 2.48. The van der Waals surface area contributed by atoms with Crippen molar-refractivity contribution >= 4 is 47.3 Å². The number of carboxylic acids is 3. The third kappa shape index (κ3) is 8.91. The number of amides is 1. The number of carbonyl (C=O) groups excluding carboxylic acids is 2. The normalized spacial score (nSPS) is 21.8. The number of hydrogen-bond acceptors (Lipinski definition) is 11. The maximum Gasteiger partial charge on any atom is 0.411 e. The second kappa shape index (κ2) is 15.0. The lowest BCUT2D eigenvalue weighted by Gasteiger charge is -2.44. The van der Waals surface area contributed by atoms with Crippen molar-refractivity contribution in [1.29, 1.82) is 0 Å². The highest BCUT2D eigenvalue weighted by atomic mass is 35.5. The van der Waals surface area contributed by atoms with Gasteiger partial charge in [-0.2, -0.15) is 0 Å². The van der Waals surface area contributed by atoms with Crippen LogP contribution in [0.5, 0.6) is 5.75 Å². The van der Waals surface area contributed by atoms with Crippen molar-refractivity contribution in [1.82, 2.24) is 4.90 Å². The van der Waals surface area contributed by atoms with Gasteiger partial charge >= 0.3 is 35.7 Å². The van der Waals surface area contributed by atoms with Gasteiger partial charge in [0.25, 0.3) is 0 Å². The van der Waals surface area contributed by atoms with E-state index in [2.05, 4.69) is 4.74 Å². The summed E-state index contributed by atoms with van der Waals surface area (Å²) in [5, 5.41) is 40.3. The number of nitrogens with zero attached hydrogens (tertiary/aromatic N) is 2. The van der Waals surface area contributed by atoms with E-state index in [0.29, 0.717) is 0 Å². The largest absolute Gasteiger partial charge is 0.481 e. The number of alkyl halides is 1. The number of nitro benzene ring substituents is 1. The maximum atomic E-state index is 12.5. The summed E-state index contributed by atoms with van der Waals surface area (Å²) in [4.78, 5) is 71.7. The van der Waals surface area contributed by atoms with Gasteiger partial charge < -0.3 is 34.3 Å². The number of rotatable bonds is 14. The summed E-state index contributed by atoms with van der Waals surface area (Å²) >= 11 is 5.66. The molecule has 0 aromatic heterocycles. The van der Waals surface area contributed by atoms with Crippen molar-refractivity contribution in [2.45, 2.75) is 45.2 Å². The molecular formula is C24H29ClN2O14. The van der Waals surface area contributed by atoms with E-state index in [1.54, 1.807) is 6.92 Å². The van der Waals surface area contributed by atoms with Gasteiger partial charge in [-0.15, -0.1) is 11.6 Å². The summed E-state index contributed by atoms with van der Waals surface area (Å²) in [5.41, 5.74) is -0.453. The Bertz CT molecular complexity index is 1160. The van der Waals surface area contributed by atoms with Crippen molar-refractivity contribution in [2.24, 2.45) is 17.8 Å². The highest BCUT2D eigenvalue weighted by Gasteiger charge is 2.52. The molecule has 3 N–H and O–H groups in total. The van der Waals surface area contributed by atoms with Gasteiger partial charge in [-0.25, -0.2) is 9.59 Å². The number of hydrogen-bond donors (Lipinski definition) is 3. The number of ether oxygens (including phenoxy) is 4. The maximum absolute atomic E-state index is 12.5. The minimum atomic E-state index is -1.73. The Morgan fingerprint density at radius 2 is 1.61 bits per heavy atom. The SMILES string of the molecule is CCN(CCl)C(=O)OCc1ccc(O[C@@H]2O[C@H](C(=O)OC)[C@@H](CC(=O)O)[C@H](CC(=O)O)[C@H]2CC(=O)O)c([N+](=O)[O-])c1. The first-order valence-electron chi connectivity index (χ1n) is 12.1. The molecule has 1 amide bonds. The van der Waals surface area contributed by atoms with Crippen LogP contribution in [0.1, 0.15) is 31.7 Å². The predicted molar refractivity (Wildman–Crippen MR) is 135 cm³/mol. The van der Waals surface area contributed by atoms with E-state index in [9.17, 15) is 49.4 Å². The summed E-state index contributed by atoms with van der Waals surface area (Å²) < 4.78 is 21.1. The van der Waals surface area contributed by atoms with Crippen molar-refractivity contribution in [3.8, 4) is 5.75 Å². The van der Waals surface area contributed by atoms with Gasteiger partial charge in [-0.3, -0.25) is 29.4 Å². The Labute approximate surface area is 237 Å². The van der Waals surface area contributed by atoms with Crippen LogP contribution < -0.4 is 4.74 Å². The summed E-state index contributed by atoms with van der Waals surface area (Å²) in [5.74, 6) is -9.68. The van der Waals surface area contributed by atoms with E-state index in [1.807, 2.05) is 0 Å².